The molecule has 3 rings (SSSR count). The standard InChI is InChI=1S/C16H20N4O2.HI/c1-21-12-8-6-11(7-9-12)19-16(17)18-10-14-13-4-2-3-5-15(13)22-20-14;/h6-9H,2-5,10H2,1H3,(H3,17,18,19);1H. The van der Waals surface area contributed by atoms with Crippen LogP contribution in [0.4, 0.5) is 5.69 Å². The summed E-state index contributed by atoms with van der Waals surface area (Å²) in [5, 5.41) is 7.17. The minimum atomic E-state index is 0. The van der Waals surface area contributed by atoms with Gasteiger partial charge in [0.1, 0.15) is 17.2 Å². The fraction of sp³-hybridized carbons (Fsp3) is 0.375. The van der Waals surface area contributed by atoms with Crippen molar-refractivity contribution >= 4 is 35.6 Å². The van der Waals surface area contributed by atoms with Gasteiger partial charge in [-0.2, -0.15) is 0 Å². The van der Waals surface area contributed by atoms with E-state index in [0.717, 1.165) is 35.7 Å². The molecule has 124 valence electrons. The molecular formula is C16H21IN4O2. The number of nitrogens with one attached hydrogen (secondary N) is 1. The molecule has 1 aromatic carbocycles. The van der Waals surface area contributed by atoms with Crippen molar-refractivity contribution in [3.8, 4) is 5.75 Å². The maximum Gasteiger partial charge on any atom is 0.193 e. The quantitative estimate of drug-likeness (QED) is 0.444. The van der Waals surface area contributed by atoms with Crippen LogP contribution in [0.5, 0.6) is 5.75 Å². The molecule has 3 N–H and O–H groups in total. The van der Waals surface area contributed by atoms with E-state index in [2.05, 4.69) is 15.5 Å². The number of guanidine groups is 1. The number of aromatic nitrogens is 1. The SMILES string of the molecule is COc1ccc(NC(N)=NCc2noc3c2CCCC3)cc1.I. The number of hydrogen-bond acceptors (Lipinski definition) is 4. The molecule has 0 bridgehead atoms. The molecule has 0 aliphatic heterocycles. The Kier molecular flexibility index (Phi) is 6.26. The van der Waals surface area contributed by atoms with Crippen molar-refractivity contribution in [2.45, 2.75) is 32.2 Å². The summed E-state index contributed by atoms with van der Waals surface area (Å²) in [7, 11) is 1.64. The number of nitrogens with two attached hydrogens (primary N) is 1. The number of aliphatic imine (C=N–C) groups is 1. The van der Waals surface area contributed by atoms with Crippen LogP contribution < -0.4 is 15.8 Å². The van der Waals surface area contributed by atoms with E-state index >= 15 is 0 Å². The van der Waals surface area contributed by atoms with Crippen LogP contribution in [0.15, 0.2) is 33.8 Å². The third-order valence-corrected chi connectivity index (χ3v) is 3.79. The largest absolute Gasteiger partial charge is 0.497 e. The van der Waals surface area contributed by atoms with E-state index in [0.29, 0.717) is 12.5 Å². The van der Waals surface area contributed by atoms with Gasteiger partial charge < -0.3 is 20.3 Å². The van der Waals surface area contributed by atoms with Crippen LogP contribution >= 0.6 is 24.0 Å². The van der Waals surface area contributed by atoms with Gasteiger partial charge in [0.05, 0.1) is 13.7 Å². The summed E-state index contributed by atoms with van der Waals surface area (Å²) in [5.74, 6) is 2.17. The van der Waals surface area contributed by atoms with E-state index in [4.69, 9.17) is 15.0 Å². The molecule has 7 heteroatoms. The molecule has 0 amide bonds. The highest BCUT2D eigenvalue weighted by molar-refractivity contribution is 14.0. The number of anilines is 1. The molecule has 0 fully saturated rings. The van der Waals surface area contributed by atoms with Gasteiger partial charge in [-0.1, -0.05) is 5.16 Å². The molecule has 6 nitrogen and oxygen atoms in total. The number of ether oxygens (including phenoxy) is 1. The van der Waals surface area contributed by atoms with Gasteiger partial charge in [0.2, 0.25) is 0 Å². The Balaban J connectivity index is 0.00000192. The normalized spacial score (nSPS) is 13.9. The Labute approximate surface area is 152 Å². The molecule has 1 aliphatic rings. The van der Waals surface area contributed by atoms with Gasteiger partial charge in [-0.15, -0.1) is 24.0 Å². The van der Waals surface area contributed by atoms with Crippen molar-refractivity contribution in [1.29, 1.82) is 0 Å². The lowest BCUT2D eigenvalue weighted by Gasteiger charge is -2.09. The summed E-state index contributed by atoms with van der Waals surface area (Å²) in [6, 6.07) is 7.51. The molecule has 0 radical (unpaired) electrons. The fourth-order valence-electron chi connectivity index (χ4n) is 2.60. The topological polar surface area (TPSA) is 85.7 Å². The molecule has 0 spiro atoms. The highest BCUT2D eigenvalue weighted by Crippen LogP contribution is 2.24. The number of methoxy groups -OCH3 is 1. The van der Waals surface area contributed by atoms with Gasteiger partial charge in [-0.3, -0.25) is 0 Å². The van der Waals surface area contributed by atoms with E-state index in [1.807, 2.05) is 24.3 Å². The summed E-state index contributed by atoms with van der Waals surface area (Å²) in [4.78, 5) is 4.34. The van der Waals surface area contributed by atoms with Gasteiger partial charge in [0.15, 0.2) is 5.96 Å². The maximum absolute atomic E-state index is 5.92. The second-order valence-corrected chi connectivity index (χ2v) is 5.29. The molecule has 2 aromatic rings. The number of hydrogen-bond donors (Lipinski definition) is 2. The summed E-state index contributed by atoms with van der Waals surface area (Å²) >= 11 is 0. The number of nitrogens with zero attached hydrogens (tertiary/aromatic N) is 2. The van der Waals surface area contributed by atoms with Crippen LogP contribution in [0, 0.1) is 0 Å². The summed E-state index contributed by atoms with van der Waals surface area (Å²) < 4.78 is 10.5. The van der Waals surface area contributed by atoms with Crippen LogP contribution in [-0.4, -0.2) is 18.2 Å². The number of fused-ring (bicyclic) bond motifs is 1. The Hall–Kier alpha value is -1.77. The van der Waals surface area contributed by atoms with Crippen LogP contribution in [0.3, 0.4) is 0 Å². The second-order valence-electron chi connectivity index (χ2n) is 5.29. The molecule has 23 heavy (non-hydrogen) atoms. The second kappa shape index (κ2) is 8.19. The van der Waals surface area contributed by atoms with Gasteiger partial charge in [0.25, 0.3) is 0 Å². The molecule has 0 saturated carbocycles. The first-order chi connectivity index (χ1) is 10.8. The molecule has 1 aromatic heterocycles. The van der Waals surface area contributed by atoms with E-state index in [-0.39, 0.29) is 24.0 Å². The number of halogens is 1. The van der Waals surface area contributed by atoms with Gasteiger partial charge in [-0.05, 0) is 43.5 Å². The van der Waals surface area contributed by atoms with E-state index in [9.17, 15) is 0 Å². The van der Waals surface area contributed by atoms with Crippen molar-refractivity contribution in [3.63, 3.8) is 0 Å². The van der Waals surface area contributed by atoms with Crippen LogP contribution in [0.25, 0.3) is 0 Å². The third-order valence-electron chi connectivity index (χ3n) is 3.79. The van der Waals surface area contributed by atoms with Crippen LogP contribution in [-0.2, 0) is 19.4 Å². The zero-order valence-electron chi connectivity index (χ0n) is 13.0. The lowest BCUT2D eigenvalue weighted by molar-refractivity contribution is 0.368. The van der Waals surface area contributed by atoms with Crippen molar-refractivity contribution in [1.82, 2.24) is 5.16 Å². The number of aryl methyl sites for hydroxylation is 1. The number of benzene rings is 1. The first kappa shape index (κ1) is 17.6. The lowest BCUT2D eigenvalue weighted by atomic mass is 9.96. The first-order valence-electron chi connectivity index (χ1n) is 7.43. The first-order valence-corrected chi connectivity index (χ1v) is 7.43. The molecular weight excluding hydrogens is 407 g/mol. The van der Waals surface area contributed by atoms with Gasteiger partial charge in [0, 0.05) is 17.7 Å². The minimum Gasteiger partial charge on any atom is -0.497 e. The molecule has 0 unspecified atom stereocenters. The van der Waals surface area contributed by atoms with Gasteiger partial charge >= 0.3 is 0 Å². The summed E-state index contributed by atoms with van der Waals surface area (Å²) in [6.45, 7) is 0.438. The maximum atomic E-state index is 5.92. The fourth-order valence-corrected chi connectivity index (χ4v) is 2.60. The Morgan fingerprint density at radius 2 is 2.04 bits per heavy atom. The van der Waals surface area contributed by atoms with E-state index in [1.54, 1.807) is 7.11 Å². The van der Waals surface area contributed by atoms with Crippen molar-refractivity contribution in [2.75, 3.05) is 12.4 Å². The van der Waals surface area contributed by atoms with Crippen LogP contribution in [0.2, 0.25) is 0 Å². The summed E-state index contributed by atoms with van der Waals surface area (Å²) in [6.07, 6.45) is 4.36. The van der Waals surface area contributed by atoms with Crippen molar-refractivity contribution in [3.05, 3.63) is 41.3 Å². The van der Waals surface area contributed by atoms with Crippen LogP contribution in [0.1, 0.15) is 29.9 Å². The number of rotatable bonds is 4. The molecule has 1 aliphatic carbocycles. The third kappa shape index (κ3) is 4.37. The van der Waals surface area contributed by atoms with Gasteiger partial charge in [-0.25, -0.2) is 4.99 Å². The zero-order valence-corrected chi connectivity index (χ0v) is 15.4. The predicted molar refractivity (Wildman–Crippen MR) is 101 cm³/mol. The van der Waals surface area contributed by atoms with E-state index in [1.165, 1.54) is 18.4 Å². The Morgan fingerprint density at radius 3 is 2.78 bits per heavy atom. The average molecular weight is 428 g/mol. The molecule has 1 heterocycles. The smallest absolute Gasteiger partial charge is 0.193 e. The summed E-state index contributed by atoms with van der Waals surface area (Å²) in [5.41, 5.74) is 8.90. The molecule has 0 atom stereocenters. The highest BCUT2D eigenvalue weighted by atomic mass is 127. The zero-order chi connectivity index (χ0) is 15.4. The Morgan fingerprint density at radius 1 is 1.30 bits per heavy atom. The lowest BCUT2D eigenvalue weighted by Crippen LogP contribution is -2.22. The Bertz CT molecular complexity index is 667. The average Bonchev–Trinajstić information content (AvgIpc) is 2.97. The van der Waals surface area contributed by atoms with E-state index < -0.39 is 0 Å². The van der Waals surface area contributed by atoms with Crippen molar-refractivity contribution in [2.24, 2.45) is 10.7 Å². The van der Waals surface area contributed by atoms with Crippen molar-refractivity contribution < 1.29 is 9.26 Å². The monoisotopic (exact) mass is 428 g/mol. The minimum absolute atomic E-state index is 0. The molecule has 0 saturated heterocycles. The predicted octanol–water partition coefficient (Wildman–Crippen LogP) is 3.11. The highest BCUT2D eigenvalue weighted by Gasteiger charge is 2.18.